The zero-order valence-corrected chi connectivity index (χ0v) is 13.3. The van der Waals surface area contributed by atoms with Crippen molar-refractivity contribution >= 4 is 23.2 Å². The molecule has 0 aliphatic heterocycles. The maximum atomic E-state index is 6.26. The minimum atomic E-state index is 0.158. The fourth-order valence-electron chi connectivity index (χ4n) is 2.30. The average Bonchev–Trinajstić information content (AvgIpc) is 2.48. The van der Waals surface area contributed by atoms with Crippen LogP contribution in [-0.4, -0.2) is 0 Å². The molecule has 0 spiro atoms. The van der Waals surface area contributed by atoms with Gasteiger partial charge in [-0.05, 0) is 36.1 Å². The fourth-order valence-corrected chi connectivity index (χ4v) is 2.77. The number of rotatable bonds is 5. The van der Waals surface area contributed by atoms with Crippen LogP contribution in [0.15, 0.2) is 42.5 Å². The highest BCUT2D eigenvalue weighted by Crippen LogP contribution is 2.29. The Labute approximate surface area is 130 Å². The fraction of sp³-hybridized carbons (Fsp3) is 0.294. The smallest absolute Gasteiger partial charge is 0.0639 e. The van der Waals surface area contributed by atoms with E-state index in [-0.39, 0.29) is 6.04 Å². The van der Waals surface area contributed by atoms with E-state index >= 15 is 0 Å². The van der Waals surface area contributed by atoms with Gasteiger partial charge in [0.1, 0.15) is 0 Å². The molecule has 1 N–H and O–H groups in total. The molecule has 0 amide bonds. The monoisotopic (exact) mass is 307 g/mol. The topological polar surface area (TPSA) is 12.0 Å². The van der Waals surface area contributed by atoms with Crippen LogP contribution in [0.3, 0.4) is 0 Å². The molecule has 1 unspecified atom stereocenters. The lowest BCUT2D eigenvalue weighted by atomic mass is 10.0. The second kappa shape index (κ2) is 7.12. The van der Waals surface area contributed by atoms with E-state index in [9.17, 15) is 0 Å². The zero-order chi connectivity index (χ0) is 14.5. The quantitative estimate of drug-likeness (QED) is 0.779. The molecule has 0 radical (unpaired) electrons. The highest BCUT2D eigenvalue weighted by atomic mass is 35.5. The third-order valence-corrected chi connectivity index (χ3v) is 4.38. The summed E-state index contributed by atoms with van der Waals surface area (Å²) in [5, 5.41) is 4.76. The molecule has 0 aliphatic carbocycles. The summed E-state index contributed by atoms with van der Waals surface area (Å²) < 4.78 is 0. The predicted octanol–water partition coefficient (Wildman–Crippen LogP) is 5.41. The van der Waals surface area contributed by atoms with Crippen LogP contribution >= 0.6 is 23.2 Å². The van der Waals surface area contributed by atoms with Crippen LogP contribution in [0.4, 0.5) is 0 Å². The first kappa shape index (κ1) is 15.4. The standard InChI is InChI=1S/C17H19Cl2N/c1-3-13-7-4-5-8-14(13)11-20-12(2)15-9-6-10-16(18)17(15)19/h4-10,12,20H,3,11H2,1-2H3. The molecule has 106 valence electrons. The third-order valence-electron chi connectivity index (χ3n) is 3.55. The summed E-state index contributed by atoms with van der Waals surface area (Å²) in [5.41, 5.74) is 3.75. The predicted molar refractivity (Wildman–Crippen MR) is 87.5 cm³/mol. The molecule has 0 aliphatic rings. The summed E-state index contributed by atoms with van der Waals surface area (Å²) in [6.45, 7) is 5.11. The number of halogens is 2. The molecule has 1 atom stereocenters. The largest absolute Gasteiger partial charge is 0.306 e. The number of benzene rings is 2. The van der Waals surface area contributed by atoms with Gasteiger partial charge in [0.25, 0.3) is 0 Å². The van der Waals surface area contributed by atoms with Crippen molar-refractivity contribution in [2.45, 2.75) is 32.9 Å². The maximum absolute atomic E-state index is 6.26. The van der Waals surface area contributed by atoms with Crippen molar-refractivity contribution in [3.8, 4) is 0 Å². The van der Waals surface area contributed by atoms with Gasteiger partial charge in [-0.25, -0.2) is 0 Å². The second-order valence-corrected chi connectivity index (χ2v) is 5.65. The summed E-state index contributed by atoms with van der Waals surface area (Å²) >= 11 is 12.3. The van der Waals surface area contributed by atoms with Crippen molar-refractivity contribution in [1.82, 2.24) is 5.32 Å². The molecule has 2 aromatic carbocycles. The van der Waals surface area contributed by atoms with Gasteiger partial charge in [0.15, 0.2) is 0 Å². The lowest BCUT2D eigenvalue weighted by Gasteiger charge is -2.17. The third kappa shape index (κ3) is 3.54. The summed E-state index contributed by atoms with van der Waals surface area (Å²) in [6.07, 6.45) is 1.05. The molecule has 1 nitrogen and oxygen atoms in total. The maximum Gasteiger partial charge on any atom is 0.0639 e. The number of nitrogens with one attached hydrogen (secondary N) is 1. The van der Waals surface area contributed by atoms with Crippen LogP contribution in [-0.2, 0) is 13.0 Å². The summed E-state index contributed by atoms with van der Waals surface area (Å²) in [7, 11) is 0. The SMILES string of the molecule is CCc1ccccc1CNC(C)c1cccc(Cl)c1Cl. The van der Waals surface area contributed by atoms with E-state index < -0.39 is 0 Å². The van der Waals surface area contributed by atoms with E-state index in [2.05, 4.69) is 43.4 Å². The van der Waals surface area contributed by atoms with Gasteiger partial charge in [-0.3, -0.25) is 0 Å². The molecule has 0 aromatic heterocycles. The minimum absolute atomic E-state index is 0.158. The lowest BCUT2D eigenvalue weighted by Crippen LogP contribution is -2.19. The highest BCUT2D eigenvalue weighted by molar-refractivity contribution is 6.42. The molecule has 0 heterocycles. The normalized spacial score (nSPS) is 12.4. The Balaban J connectivity index is 2.09. The molecule has 2 aromatic rings. The Kier molecular flexibility index (Phi) is 5.47. The number of hydrogen-bond donors (Lipinski definition) is 1. The van der Waals surface area contributed by atoms with Gasteiger partial charge in [0.05, 0.1) is 10.0 Å². The van der Waals surface area contributed by atoms with E-state index in [1.54, 1.807) is 0 Å². The van der Waals surface area contributed by atoms with Crippen LogP contribution in [0, 0.1) is 0 Å². The molecular weight excluding hydrogens is 289 g/mol. The summed E-state index contributed by atoms with van der Waals surface area (Å²) in [4.78, 5) is 0. The van der Waals surface area contributed by atoms with E-state index in [0.29, 0.717) is 10.0 Å². The van der Waals surface area contributed by atoms with Crippen LogP contribution < -0.4 is 5.32 Å². The van der Waals surface area contributed by atoms with Gasteiger partial charge in [0, 0.05) is 12.6 Å². The van der Waals surface area contributed by atoms with E-state index in [1.165, 1.54) is 11.1 Å². The van der Waals surface area contributed by atoms with Crippen molar-refractivity contribution in [2.24, 2.45) is 0 Å². The van der Waals surface area contributed by atoms with Gasteiger partial charge in [-0.2, -0.15) is 0 Å². The minimum Gasteiger partial charge on any atom is -0.306 e. The molecule has 2 rings (SSSR count). The first-order chi connectivity index (χ1) is 9.63. The molecular formula is C17H19Cl2N. The number of aryl methyl sites for hydroxylation is 1. The first-order valence-electron chi connectivity index (χ1n) is 6.87. The molecule has 0 saturated heterocycles. The Bertz CT molecular complexity index is 581. The van der Waals surface area contributed by atoms with Crippen LogP contribution in [0.25, 0.3) is 0 Å². The molecule has 20 heavy (non-hydrogen) atoms. The van der Waals surface area contributed by atoms with Crippen molar-refractivity contribution in [3.63, 3.8) is 0 Å². The van der Waals surface area contributed by atoms with Gasteiger partial charge < -0.3 is 5.32 Å². The van der Waals surface area contributed by atoms with Gasteiger partial charge in [-0.15, -0.1) is 0 Å². The van der Waals surface area contributed by atoms with Crippen LogP contribution in [0.1, 0.15) is 36.6 Å². The van der Waals surface area contributed by atoms with E-state index in [4.69, 9.17) is 23.2 Å². The van der Waals surface area contributed by atoms with Crippen molar-refractivity contribution in [3.05, 3.63) is 69.2 Å². The first-order valence-corrected chi connectivity index (χ1v) is 7.63. The molecule has 3 heteroatoms. The molecule has 0 saturated carbocycles. The second-order valence-electron chi connectivity index (χ2n) is 4.87. The Morgan fingerprint density at radius 3 is 2.40 bits per heavy atom. The van der Waals surface area contributed by atoms with Gasteiger partial charge in [0.2, 0.25) is 0 Å². The Morgan fingerprint density at radius 1 is 1.00 bits per heavy atom. The molecule has 0 bridgehead atoms. The summed E-state index contributed by atoms with van der Waals surface area (Å²) in [5.74, 6) is 0. The Morgan fingerprint density at radius 2 is 1.70 bits per heavy atom. The summed E-state index contributed by atoms with van der Waals surface area (Å²) in [6, 6.07) is 14.4. The average molecular weight is 308 g/mol. The van der Waals surface area contributed by atoms with Crippen LogP contribution in [0.5, 0.6) is 0 Å². The van der Waals surface area contributed by atoms with Gasteiger partial charge >= 0.3 is 0 Å². The Hall–Kier alpha value is -1.02. The van der Waals surface area contributed by atoms with Crippen molar-refractivity contribution in [1.29, 1.82) is 0 Å². The van der Waals surface area contributed by atoms with Crippen LogP contribution in [0.2, 0.25) is 10.0 Å². The van der Waals surface area contributed by atoms with Crippen molar-refractivity contribution in [2.75, 3.05) is 0 Å². The van der Waals surface area contributed by atoms with Crippen molar-refractivity contribution < 1.29 is 0 Å². The molecule has 0 fully saturated rings. The number of hydrogen-bond acceptors (Lipinski definition) is 1. The van der Waals surface area contributed by atoms with Gasteiger partial charge in [-0.1, -0.05) is 66.5 Å². The van der Waals surface area contributed by atoms with E-state index in [1.807, 2.05) is 18.2 Å². The lowest BCUT2D eigenvalue weighted by molar-refractivity contribution is 0.573. The van der Waals surface area contributed by atoms with E-state index in [0.717, 1.165) is 18.5 Å². The zero-order valence-electron chi connectivity index (χ0n) is 11.8. The highest BCUT2D eigenvalue weighted by Gasteiger charge is 2.11.